The van der Waals surface area contributed by atoms with Gasteiger partial charge in [-0.2, -0.15) is 0 Å². The molecule has 0 aliphatic carbocycles. The van der Waals surface area contributed by atoms with Crippen LogP contribution in [0.3, 0.4) is 0 Å². The second-order valence-electron chi connectivity index (χ2n) is 7.85. The van der Waals surface area contributed by atoms with E-state index in [1.807, 2.05) is 6.07 Å². The molecule has 0 unspecified atom stereocenters. The molecule has 2 aliphatic heterocycles. The van der Waals surface area contributed by atoms with Crippen molar-refractivity contribution in [2.45, 2.75) is 41.7 Å². The second-order valence-corrected chi connectivity index (χ2v) is 9.87. The minimum atomic E-state index is -3.28. The first-order chi connectivity index (χ1) is 13.4. The second kappa shape index (κ2) is 7.50. The summed E-state index contributed by atoms with van der Waals surface area (Å²) in [6, 6.07) is 15.7. The van der Waals surface area contributed by atoms with Crippen molar-refractivity contribution in [3.63, 3.8) is 0 Å². The third-order valence-corrected chi connectivity index (χ3v) is 7.13. The predicted octanol–water partition coefficient (Wildman–Crippen LogP) is 3.47. The fourth-order valence-electron chi connectivity index (χ4n) is 4.67. The standard InChI is InChI=1S/C22H27NO4S/c1-26-20-10-9-18(28(2,24)25)13-19(20)17-14-22(27-15-17)11-6-12-23-21(22)16-7-4-3-5-8-16/h3-5,7-10,13,17,21,23H,6,11-12,14-15H2,1-2H3/t17-,21+,22-/m1/s1. The van der Waals surface area contributed by atoms with E-state index in [2.05, 4.69) is 29.6 Å². The summed E-state index contributed by atoms with van der Waals surface area (Å²) < 4.78 is 36.1. The van der Waals surface area contributed by atoms with E-state index in [4.69, 9.17) is 9.47 Å². The highest BCUT2D eigenvalue weighted by molar-refractivity contribution is 7.90. The molecule has 2 fully saturated rings. The third kappa shape index (κ3) is 3.56. The van der Waals surface area contributed by atoms with Gasteiger partial charge in [0, 0.05) is 17.7 Å². The Balaban J connectivity index is 1.68. The zero-order valence-electron chi connectivity index (χ0n) is 16.4. The molecule has 2 aliphatic rings. The minimum Gasteiger partial charge on any atom is -0.496 e. The van der Waals surface area contributed by atoms with Crippen molar-refractivity contribution in [1.82, 2.24) is 5.32 Å². The Morgan fingerprint density at radius 2 is 1.96 bits per heavy atom. The van der Waals surface area contributed by atoms with Crippen LogP contribution in [0.5, 0.6) is 5.75 Å². The van der Waals surface area contributed by atoms with Crippen molar-refractivity contribution in [2.75, 3.05) is 26.5 Å². The number of piperidine rings is 1. The number of rotatable bonds is 4. The van der Waals surface area contributed by atoms with Crippen LogP contribution in [-0.4, -0.2) is 40.5 Å². The molecule has 0 bridgehead atoms. The highest BCUT2D eigenvalue weighted by Crippen LogP contribution is 2.49. The molecule has 2 heterocycles. The van der Waals surface area contributed by atoms with E-state index in [0.29, 0.717) is 11.5 Å². The van der Waals surface area contributed by atoms with E-state index in [0.717, 1.165) is 37.1 Å². The van der Waals surface area contributed by atoms with Gasteiger partial charge in [-0.1, -0.05) is 30.3 Å². The summed E-state index contributed by atoms with van der Waals surface area (Å²) in [6.45, 7) is 1.54. The molecule has 5 nitrogen and oxygen atoms in total. The number of hydrogen-bond donors (Lipinski definition) is 1. The molecule has 4 rings (SSSR count). The fourth-order valence-corrected chi connectivity index (χ4v) is 5.33. The van der Waals surface area contributed by atoms with E-state index < -0.39 is 9.84 Å². The van der Waals surface area contributed by atoms with E-state index in [1.54, 1.807) is 25.3 Å². The maximum absolute atomic E-state index is 12.0. The summed E-state index contributed by atoms with van der Waals surface area (Å²) in [5, 5.41) is 3.65. The molecule has 0 saturated carbocycles. The Bertz CT molecular complexity index is 944. The van der Waals surface area contributed by atoms with E-state index in [1.165, 1.54) is 11.8 Å². The van der Waals surface area contributed by atoms with Crippen LogP contribution in [0.4, 0.5) is 0 Å². The topological polar surface area (TPSA) is 64.6 Å². The first-order valence-corrected chi connectivity index (χ1v) is 11.6. The quantitative estimate of drug-likeness (QED) is 0.850. The van der Waals surface area contributed by atoms with Crippen LogP contribution >= 0.6 is 0 Å². The van der Waals surface area contributed by atoms with Crippen molar-refractivity contribution in [3.05, 3.63) is 59.7 Å². The Hall–Kier alpha value is -1.89. The van der Waals surface area contributed by atoms with Gasteiger partial charge in [0.15, 0.2) is 9.84 Å². The molecule has 3 atom stereocenters. The first kappa shape index (κ1) is 19.4. The molecule has 28 heavy (non-hydrogen) atoms. The average molecular weight is 402 g/mol. The van der Waals surface area contributed by atoms with Crippen molar-refractivity contribution in [3.8, 4) is 5.75 Å². The van der Waals surface area contributed by atoms with E-state index >= 15 is 0 Å². The van der Waals surface area contributed by atoms with Crippen LogP contribution in [0, 0.1) is 0 Å². The number of nitrogens with one attached hydrogen (secondary N) is 1. The van der Waals surface area contributed by atoms with Crippen LogP contribution < -0.4 is 10.1 Å². The lowest BCUT2D eigenvalue weighted by Gasteiger charge is -2.41. The lowest BCUT2D eigenvalue weighted by atomic mass is 9.77. The highest BCUT2D eigenvalue weighted by Gasteiger charge is 2.49. The van der Waals surface area contributed by atoms with Gasteiger partial charge in [0.2, 0.25) is 0 Å². The van der Waals surface area contributed by atoms with Crippen molar-refractivity contribution >= 4 is 9.84 Å². The number of benzene rings is 2. The van der Waals surface area contributed by atoms with Crippen LogP contribution in [0.15, 0.2) is 53.4 Å². The Morgan fingerprint density at radius 1 is 1.18 bits per heavy atom. The molecule has 2 saturated heterocycles. The van der Waals surface area contributed by atoms with Crippen molar-refractivity contribution < 1.29 is 17.9 Å². The van der Waals surface area contributed by atoms with Gasteiger partial charge in [0.05, 0.1) is 30.3 Å². The summed E-state index contributed by atoms with van der Waals surface area (Å²) in [4.78, 5) is 0.325. The molecule has 150 valence electrons. The molecule has 1 N–H and O–H groups in total. The Morgan fingerprint density at radius 3 is 2.68 bits per heavy atom. The van der Waals surface area contributed by atoms with E-state index in [9.17, 15) is 8.42 Å². The number of ether oxygens (including phenoxy) is 2. The lowest BCUT2D eigenvalue weighted by Crippen LogP contribution is -2.48. The van der Waals surface area contributed by atoms with Crippen molar-refractivity contribution in [1.29, 1.82) is 0 Å². The summed E-state index contributed by atoms with van der Waals surface area (Å²) >= 11 is 0. The largest absolute Gasteiger partial charge is 0.496 e. The lowest BCUT2D eigenvalue weighted by molar-refractivity contribution is -0.0484. The number of sulfone groups is 1. The minimum absolute atomic E-state index is 0.0998. The van der Waals surface area contributed by atoms with Gasteiger partial charge < -0.3 is 14.8 Å². The molecule has 1 spiro atoms. The van der Waals surface area contributed by atoms with Gasteiger partial charge >= 0.3 is 0 Å². The summed E-state index contributed by atoms with van der Waals surface area (Å²) in [6.07, 6.45) is 4.13. The van der Waals surface area contributed by atoms with Gasteiger partial charge in [0.1, 0.15) is 5.75 Å². The van der Waals surface area contributed by atoms with Crippen LogP contribution in [0.2, 0.25) is 0 Å². The Kier molecular flexibility index (Phi) is 5.21. The van der Waals surface area contributed by atoms with Gasteiger partial charge in [-0.05, 0) is 49.6 Å². The molecule has 0 amide bonds. The normalized spacial score (nSPS) is 27.8. The first-order valence-electron chi connectivity index (χ1n) is 9.73. The molecular formula is C22H27NO4S. The third-order valence-electron chi connectivity index (χ3n) is 6.02. The number of hydrogen-bond acceptors (Lipinski definition) is 5. The smallest absolute Gasteiger partial charge is 0.175 e. The zero-order chi connectivity index (χ0) is 19.8. The van der Waals surface area contributed by atoms with Crippen LogP contribution in [-0.2, 0) is 14.6 Å². The molecule has 2 aromatic carbocycles. The maximum Gasteiger partial charge on any atom is 0.175 e. The van der Waals surface area contributed by atoms with Crippen LogP contribution in [0.25, 0.3) is 0 Å². The van der Waals surface area contributed by atoms with Gasteiger partial charge in [-0.3, -0.25) is 0 Å². The highest BCUT2D eigenvalue weighted by atomic mass is 32.2. The molecule has 2 aromatic rings. The van der Waals surface area contributed by atoms with Gasteiger partial charge in [0.25, 0.3) is 0 Å². The number of methoxy groups -OCH3 is 1. The van der Waals surface area contributed by atoms with Gasteiger partial charge in [-0.15, -0.1) is 0 Å². The zero-order valence-corrected chi connectivity index (χ0v) is 17.2. The molecule has 6 heteroatoms. The van der Waals surface area contributed by atoms with Crippen LogP contribution in [0.1, 0.15) is 42.3 Å². The van der Waals surface area contributed by atoms with E-state index in [-0.39, 0.29) is 17.6 Å². The molecular weight excluding hydrogens is 374 g/mol. The SMILES string of the molecule is COc1ccc(S(C)(=O)=O)cc1[C@H]1CO[C@]2(CCCN[C@H]2c2ccccc2)C1. The fraction of sp³-hybridized carbons (Fsp3) is 0.455. The predicted molar refractivity (Wildman–Crippen MR) is 109 cm³/mol. The average Bonchev–Trinajstić information content (AvgIpc) is 3.12. The monoisotopic (exact) mass is 401 g/mol. The summed E-state index contributed by atoms with van der Waals surface area (Å²) in [7, 11) is -1.65. The molecule has 0 radical (unpaired) electrons. The molecule has 0 aromatic heterocycles. The van der Waals surface area contributed by atoms with Gasteiger partial charge in [-0.25, -0.2) is 8.42 Å². The Labute approximate surface area is 167 Å². The summed E-state index contributed by atoms with van der Waals surface area (Å²) in [5.74, 6) is 0.820. The van der Waals surface area contributed by atoms with Crippen molar-refractivity contribution in [2.24, 2.45) is 0 Å². The summed E-state index contributed by atoms with van der Waals surface area (Å²) in [5.41, 5.74) is 1.87. The maximum atomic E-state index is 12.0.